The van der Waals surface area contributed by atoms with E-state index in [1.54, 1.807) is 36.4 Å². The van der Waals surface area contributed by atoms with Crippen LogP contribution in [0.15, 0.2) is 45.3 Å². The molecule has 3 rings (SSSR count). The van der Waals surface area contributed by atoms with Crippen molar-refractivity contribution in [3.8, 4) is 5.75 Å². The van der Waals surface area contributed by atoms with E-state index in [0.29, 0.717) is 27.0 Å². The van der Waals surface area contributed by atoms with E-state index >= 15 is 0 Å². The van der Waals surface area contributed by atoms with Crippen LogP contribution in [0.4, 0.5) is 5.69 Å². The first-order chi connectivity index (χ1) is 10.0. The molecular formula is C15H9Br2NO3. The van der Waals surface area contributed by atoms with Gasteiger partial charge in [-0.25, -0.2) is 4.90 Å². The predicted molar refractivity (Wildman–Crippen MR) is 86.0 cm³/mol. The maximum Gasteiger partial charge on any atom is 0.266 e. The van der Waals surface area contributed by atoms with Crippen LogP contribution in [0.1, 0.15) is 20.7 Å². The maximum atomic E-state index is 12.5. The minimum atomic E-state index is -0.342. The lowest BCUT2D eigenvalue weighted by Crippen LogP contribution is -2.29. The van der Waals surface area contributed by atoms with Crippen molar-refractivity contribution in [2.75, 3.05) is 12.0 Å². The van der Waals surface area contributed by atoms with E-state index in [4.69, 9.17) is 4.74 Å². The van der Waals surface area contributed by atoms with Crippen LogP contribution >= 0.6 is 31.9 Å². The Balaban J connectivity index is 2.14. The predicted octanol–water partition coefficient (Wildman–Crippen LogP) is 4.02. The zero-order chi connectivity index (χ0) is 15.1. The van der Waals surface area contributed by atoms with Crippen LogP contribution in [-0.4, -0.2) is 18.9 Å². The number of rotatable bonds is 2. The van der Waals surface area contributed by atoms with Crippen LogP contribution in [0.2, 0.25) is 0 Å². The fourth-order valence-electron chi connectivity index (χ4n) is 2.22. The van der Waals surface area contributed by atoms with Crippen molar-refractivity contribution in [1.82, 2.24) is 0 Å². The molecule has 0 spiro atoms. The molecule has 6 heteroatoms. The molecule has 1 heterocycles. The number of benzene rings is 2. The Hall–Kier alpha value is -1.66. The number of imide groups is 1. The first-order valence-electron chi connectivity index (χ1n) is 6.05. The van der Waals surface area contributed by atoms with Gasteiger partial charge in [-0.05, 0) is 46.3 Å². The average molecular weight is 411 g/mol. The molecule has 0 fully saturated rings. The van der Waals surface area contributed by atoms with E-state index in [1.165, 1.54) is 7.11 Å². The molecule has 1 aliphatic heterocycles. The highest BCUT2D eigenvalue weighted by molar-refractivity contribution is 9.10. The molecule has 0 aliphatic carbocycles. The van der Waals surface area contributed by atoms with Gasteiger partial charge in [-0.2, -0.15) is 0 Å². The number of nitrogens with zero attached hydrogens (tertiary/aromatic N) is 1. The van der Waals surface area contributed by atoms with E-state index < -0.39 is 0 Å². The molecule has 0 radical (unpaired) electrons. The number of carbonyl (C=O) groups excluding carboxylic acids is 2. The molecule has 21 heavy (non-hydrogen) atoms. The summed E-state index contributed by atoms with van der Waals surface area (Å²) in [6.07, 6.45) is 0. The molecule has 0 saturated heterocycles. The highest BCUT2D eigenvalue weighted by atomic mass is 79.9. The number of methoxy groups -OCH3 is 1. The lowest BCUT2D eigenvalue weighted by molar-refractivity contribution is 0.0926. The Labute approximate surface area is 138 Å². The van der Waals surface area contributed by atoms with Crippen LogP contribution in [0, 0.1) is 0 Å². The van der Waals surface area contributed by atoms with E-state index in [1.807, 2.05) is 0 Å². The zero-order valence-electron chi connectivity index (χ0n) is 10.9. The van der Waals surface area contributed by atoms with Gasteiger partial charge in [0.15, 0.2) is 0 Å². The molecule has 0 aromatic heterocycles. The average Bonchev–Trinajstić information content (AvgIpc) is 2.71. The van der Waals surface area contributed by atoms with E-state index in [2.05, 4.69) is 31.9 Å². The first-order valence-corrected chi connectivity index (χ1v) is 7.63. The SMILES string of the molecule is COc1ccc(Br)c(N2C(=O)c3ccc(Br)cc3C2=O)c1. The topological polar surface area (TPSA) is 46.6 Å². The van der Waals surface area contributed by atoms with Crippen LogP contribution in [0.5, 0.6) is 5.75 Å². The van der Waals surface area contributed by atoms with Crippen molar-refractivity contribution in [1.29, 1.82) is 0 Å². The van der Waals surface area contributed by atoms with Crippen molar-refractivity contribution >= 4 is 49.4 Å². The van der Waals surface area contributed by atoms with E-state index in [-0.39, 0.29) is 11.8 Å². The normalized spacial score (nSPS) is 13.6. The van der Waals surface area contributed by atoms with Gasteiger partial charge in [0, 0.05) is 15.0 Å². The highest BCUT2D eigenvalue weighted by Crippen LogP contribution is 2.36. The van der Waals surface area contributed by atoms with Gasteiger partial charge in [0.25, 0.3) is 11.8 Å². The minimum Gasteiger partial charge on any atom is -0.497 e. The summed E-state index contributed by atoms with van der Waals surface area (Å²) in [4.78, 5) is 26.2. The van der Waals surface area contributed by atoms with Gasteiger partial charge in [-0.1, -0.05) is 15.9 Å². The van der Waals surface area contributed by atoms with Crippen molar-refractivity contribution < 1.29 is 14.3 Å². The fraction of sp³-hybridized carbons (Fsp3) is 0.0667. The van der Waals surface area contributed by atoms with Gasteiger partial charge >= 0.3 is 0 Å². The van der Waals surface area contributed by atoms with Crippen LogP contribution in [0.3, 0.4) is 0 Å². The lowest BCUT2D eigenvalue weighted by Gasteiger charge is -2.16. The lowest BCUT2D eigenvalue weighted by atomic mass is 10.1. The molecule has 2 aromatic carbocycles. The largest absolute Gasteiger partial charge is 0.497 e. The number of anilines is 1. The summed E-state index contributed by atoms with van der Waals surface area (Å²) in [7, 11) is 1.53. The molecule has 0 saturated carbocycles. The molecule has 0 unspecified atom stereocenters. The molecule has 1 aliphatic rings. The monoisotopic (exact) mass is 409 g/mol. The quantitative estimate of drug-likeness (QED) is 0.702. The molecular weight excluding hydrogens is 402 g/mol. The number of fused-ring (bicyclic) bond motifs is 1. The Morgan fingerprint density at radius 3 is 2.38 bits per heavy atom. The van der Waals surface area contributed by atoms with Crippen molar-refractivity contribution in [3.63, 3.8) is 0 Å². The number of carbonyl (C=O) groups is 2. The molecule has 2 amide bonds. The Kier molecular flexibility index (Phi) is 3.59. The van der Waals surface area contributed by atoms with Gasteiger partial charge in [-0.3, -0.25) is 9.59 Å². The molecule has 2 aromatic rings. The minimum absolute atomic E-state index is 0.337. The fourth-order valence-corrected chi connectivity index (χ4v) is 3.01. The zero-order valence-corrected chi connectivity index (χ0v) is 14.1. The van der Waals surface area contributed by atoms with Crippen molar-refractivity contribution in [2.24, 2.45) is 0 Å². The Morgan fingerprint density at radius 2 is 1.67 bits per heavy atom. The third-order valence-corrected chi connectivity index (χ3v) is 4.41. The summed E-state index contributed by atoms with van der Waals surface area (Å²) in [5, 5.41) is 0. The van der Waals surface area contributed by atoms with Crippen molar-refractivity contribution in [2.45, 2.75) is 0 Å². The van der Waals surface area contributed by atoms with Gasteiger partial charge in [0.1, 0.15) is 5.75 Å². The summed E-state index contributed by atoms with van der Waals surface area (Å²) in [5.41, 5.74) is 1.26. The highest BCUT2D eigenvalue weighted by Gasteiger charge is 2.37. The van der Waals surface area contributed by atoms with Crippen LogP contribution in [-0.2, 0) is 0 Å². The molecule has 0 atom stereocenters. The number of amides is 2. The van der Waals surface area contributed by atoms with E-state index in [9.17, 15) is 9.59 Å². The van der Waals surface area contributed by atoms with Gasteiger partial charge < -0.3 is 4.74 Å². The van der Waals surface area contributed by atoms with Crippen molar-refractivity contribution in [3.05, 3.63) is 56.5 Å². The smallest absolute Gasteiger partial charge is 0.266 e. The second kappa shape index (κ2) is 5.27. The molecule has 0 N–H and O–H groups in total. The Bertz CT molecular complexity index is 774. The standard InChI is InChI=1S/C15H9Br2NO3/c1-21-9-3-5-12(17)13(7-9)18-14(19)10-4-2-8(16)6-11(10)15(18)20/h2-7H,1H3. The third-order valence-electron chi connectivity index (χ3n) is 3.24. The summed E-state index contributed by atoms with van der Waals surface area (Å²) in [5.74, 6) is -0.104. The van der Waals surface area contributed by atoms with Gasteiger partial charge in [-0.15, -0.1) is 0 Å². The van der Waals surface area contributed by atoms with Crippen LogP contribution < -0.4 is 9.64 Å². The molecule has 0 bridgehead atoms. The second-order valence-electron chi connectivity index (χ2n) is 4.45. The van der Waals surface area contributed by atoms with Gasteiger partial charge in [0.2, 0.25) is 0 Å². The Morgan fingerprint density at radius 1 is 0.952 bits per heavy atom. The summed E-state index contributed by atoms with van der Waals surface area (Å²) in [6.45, 7) is 0. The number of hydrogen-bond donors (Lipinski definition) is 0. The number of ether oxygens (including phenoxy) is 1. The summed E-state index contributed by atoms with van der Waals surface area (Å²) in [6, 6.07) is 10.2. The maximum absolute atomic E-state index is 12.5. The summed E-state index contributed by atoms with van der Waals surface area (Å²) < 4.78 is 6.57. The van der Waals surface area contributed by atoms with Crippen LogP contribution in [0.25, 0.3) is 0 Å². The van der Waals surface area contributed by atoms with Gasteiger partial charge in [0.05, 0.1) is 23.9 Å². The second-order valence-corrected chi connectivity index (χ2v) is 6.22. The number of hydrogen-bond acceptors (Lipinski definition) is 3. The molecule has 4 nitrogen and oxygen atoms in total. The number of halogens is 2. The molecule has 106 valence electrons. The van der Waals surface area contributed by atoms with E-state index in [0.717, 1.165) is 9.37 Å². The third kappa shape index (κ3) is 2.28. The first kappa shape index (κ1) is 14.3. The summed E-state index contributed by atoms with van der Waals surface area (Å²) >= 11 is 6.69.